The smallest absolute Gasteiger partial charge is 0.163 e. The second kappa shape index (κ2) is 6.31. The van der Waals surface area contributed by atoms with Crippen LogP contribution in [0.1, 0.15) is 58.9 Å². The molecule has 5 rings (SSSR count). The molecule has 3 aromatic rings. The highest BCUT2D eigenvalue weighted by molar-refractivity contribution is 6.16. The van der Waals surface area contributed by atoms with Crippen LogP contribution in [0.2, 0.25) is 0 Å². The number of nitrogens with one attached hydrogen (secondary N) is 1. The standard InChI is InChI=1S/C23H24N2O2/c1-14(26)15-3-8-20-19(13-15)23-18-7-10-22(27)17(18)6-9-21(23)25(20)12-2-11-24-16-4-5-16/h3,6,8-9,13,16,24H,2,4-5,7,10-12H2,1H3. The Morgan fingerprint density at radius 2 is 1.96 bits per heavy atom. The number of rotatable bonds is 6. The molecule has 2 aliphatic carbocycles. The van der Waals surface area contributed by atoms with E-state index in [-0.39, 0.29) is 11.6 Å². The van der Waals surface area contributed by atoms with Crippen molar-refractivity contribution in [3.63, 3.8) is 0 Å². The number of ketones is 2. The number of aromatic nitrogens is 1. The molecule has 1 heterocycles. The number of benzene rings is 2. The fourth-order valence-corrected chi connectivity index (χ4v) is 4.45. The van der Waals surface area contributed by atoms with Crippen LogP contribution in [0.5, 0.6) is 0 Å². The van der Waals surface area contributed by atoms with Crippen molar-refractivity contribution in [1.82, 2.24) is 9.88 Å². The Morgan fingerprint density at radius 3 is 2.74 bits per heavy atom. The molecule has 2 aromatic carbocycles. The van der Waals surface area contributed by atoms with E-state index in [1.54, 1.807) is 6.92 Å². The van der Waals surface area contributed by atoms with Gasteiger partial charge in [0.2, 0.25) is 0 Å². The van der Waals surface area contributed by atoms with Crippen molar-refractivity contribution in [2.24, 2.45) is 0 Å². The Labute approximate surface area is 158 Å². The second-order valence-corrected chi connectivity index (χ2v) is 7.93. The van der Waals surface area contributed by atoms with Crippen molar-refractivity contribution in [1.29, 1.82) is 0 Å². The third-order valence-corrected chi connectivity index (χ3v) is 6.02. The minimum Gasteiger partial charge on any atom is -0.340 e. The minimum atomic E-state index is 0.0788. The molecule has 1 N–H and O–H groups in total. The Balaban J connectivity index is 1.65. The normalized spacial score (nSPS) is 16.4. The minimum absolute atomic E-state index is 0.0788. The summed E-state index contributed by atoms with van der Waals surface area (Å²) in [6.45, 7) is 3.57. The van der Waals surface area contributed by atoms with Gasteiger partial charge in [-0.05, 0) is 75.0 Å². The van der Waals surface area contributed by atoms with Gasteiger partial charge in [0.05, 0.1) is 0 Å². The van der Waals surface area contributed by atoms with Gasteiger partial charge in [0.25, 0.3) is 0 Å². The number of fused-ring (bicyclic) bond motifs is 5. The van der Waals surface area contributed by atoms with E-state index >= 15 is 0 Å². The number of hydrogen-bond donors (Lipinski definition) is 1. The van der Waals surface area contributed by atoms with Crippen LogP contribution in [0.25, 0.3) is 21.8 Å². The molecule has 138 valence electrons. The molecule has 4 heteroatoms. The number of Topliss-reactive ketones (excluding diaryl/α,β-unsaturated/α-hetero) is 2. The molecule has 0 saturated heterocycles. The van der Waals surface area contributed by atoms with E-state index in [1.807, 2.05) is 18.2 Å². The first kappa shape index (κ1) is 16.7. The molecular formula is C23H24N2O2. The van der Waals surface area contributed by atoms with Gasteiger partial charge in [-0.25, -0.2) is 0 Å². The SMILES string of the molecule is CC(=O)c1ccc2c(c1)c1c3c(ccc1n2CCCNC1CC1)C(=O)CC3. The van der Waals surface area contributed by atoms with E-state index < -0.39 is 0 Å². The van der Waals surface area contributed by atoms with Gasteiger partial charge in [0.15, 0.2) is 11.6 Å². The van der Waals surface area contributed by atoms with Crippen molar-refractivity contribution in [2.45, 2.75) is 51.6 Å². The molecule has 0 radical (unpaired) electrons. The molecule has 0 atom stereocenters. The molecule has 1 saturated carbocycles. The zero-order valence-electron chi connectivity index (χ0n) is 15.7. The number of hydrogen-bond acceptors (Lipinski definition) is 3. The highest BCUT2D eigenvalue weighted by Gasteiger charge is 2.25. The van der Waals surface area contributed by atoms with Crippen LogP contribution in [0.15, 0.2) is 30.3 Å². The molecule has 0 amide bonds. The summed E-state index contributed by atoms with van der Waals surface area (Å²) in [6, 6.07) is 10.8. The van der Waals surface area contributed by atoms with Crippen LogP contribution in [-0.2, 0) is 13.0 Å². The first-order valence-corrected chi connectivity index (χ1v) is 9.99. The van der Waals surface area contributed by atoms with Crippen molar-refractivity contribution >= 4 is 33.4 Å². The van der Waals surface area contributed by atoms with E-state index in [1.165, 1.54) is 23.7 Å². The summed E-state index contributed by atoms with van der Waals surface area (Å²) in [4.78, 5) is 24.2. The monoisotopic (exact) mass is 360 g/mol. The summed E-state index contributed by atoms with van der Waals surface area (Å²) in [5, 5.41) is 5.87. The lowest BCUT2D eigenvalue weighted by atomic mass is 10.0. The van der Waals surface area contributed by atoms with Gasteiger partial charge >= 0.3 is 0 Å². The quantitative estimate of drug-likeness (QED) is 0.528. The highest BCUT2D eigenvalue weighted by Crippen LogP contribution is 2.37. The number of carbonyl (C=O) groups excluding carboxylic acids is 2. The van der Waals surface area contributed by atoms with Crippen LogP contribution in [0, 0.1) is 0 Å². The van der Waals surface area contributed by atoms with E-state index in [2.05, 4.69) is 22.0 Å². The summed E-state index contributed by atoms with van der Waals surface area (Å²) < 4.78 is 2.37. The number of nitrogens with zero attached hydrogens (tertiary/aromatic N) is 1. The molecule has 0 spiro atoms. The van der Waals surface area contributed by atoms with Crippen molar-refractivity contribution in [2.75, 3.05) is 6.54 Å². The topological polar surface area (TPSA) is 51.1 Å². The average molecular weight is 360 g/mol. The Morgan fingerprint density at radius 1 is 1.15 bits per heavy atom. The van der Waals surface area contributed by atoms with Gasteiger partial charge < -0.3 is 9.88 Å². The van der Waals surface area contributed by atoms with Crippen molar-refractivity contribution in [3.8, 4) is 0 Å². The van der Waals surface area contributed by atoms with Crippen LogP contribution < -0.4 is 5.32 Å². The molecule has 0 unspecified atom stereocenters. The summed E-state index contributed by atoms with van der Waals surface area (Å²) in [6.07, 6.45) is 5.09. The van der Waals surface area contributed by atoms with E-state index in [4.69, 9.17) is 0 Å². The molecule has 1 aromatic heterocycles. The van der Waals surface area contributed by atoms with Gasteiger partial charge in [-0.3, -0.25) is 9.59 Å². The maximum Gasteiger partial charge on any atom is 0.163 e. The average Bonchev–Trinajstić information content (AvgIpc) is 3.34. The Hall–Kier alpha value is -2.46. The molecule has 0 aliphatic heterocycles. The predicted molar refractivity (Wildman–Crippen MR) is 108 cm³/mol. The maximum atomic E-state index is 12.2. The molecule has 2 aliphatic rings. The van der Waals surface area contributed by atoms with Gasteiger partial charge in [-0.15, -0.1) is 0 Å². The summed E-state index contributed by atoms with van der Waals surface area (Å²) >= 11 is 0. The van der Waals surface area contributed by atoms with Gasteiger partial charge in [0, 0.05) is 51.9 Å². The lowest BCUT2D eigenvalue weighted by molar-refractivity contribution is 0.0991. The lowest BCUT2D eigenvalue weighted by Crippen LogP contribution is -2.18. The van der Waals surface area contributed by atoms with Crippen LogP contribution in [0.4, 0.5) is 0 Å². The fraction of sp³-hybridized carbons (Fsp3) is 0.391. The van der Waals surface area contributed by atoms with Crippen molar-refractivity contribution < 1.29 is 9.59 Å². The molecule has 4 nitrogen and oxygen atoms in total. The zero-order valence-corrected chi connectivity index (χ0v) is 15.7. The third kappa shape index (κ3) is 2.79. The van der Waals surface area contributed by atoms with Gasteiger partial charge in [-0.2, -0.15) is 0 Å². The van der Waals surface area contributed by atoms with E-state index in [9.17, 15) is 9.59 Å². The largest absolute Gasteiger partial charge is 0.340 e. The van der Waals surface area contributed by atoms with Crippen LogP contribution in [0.3, 0.4) is 0 Å². The van der Waals surface area contributed by atoms with E-state index in [0.29, 0.717) is 6.42 Å². The summed E-state index contributed by atoms with van der Waals surface area (Å²) in [7, 11) is 0. The number of carbonyl (C=O) groups is 2. The molecule has 27 heavy (non-hydrogen) atoms. The molecular weight excluding hydrogens is 336 g/mol. The Kier molecular flexibility index (Phi) is 3.90. The van der Waals surface area contributed by atoms with Crippen LogP contribution in [-0.4, -0.2) is 28.7 Å². The summed E-state index contributed by atoms with van der Waals surface area (Å²) in [5.74, 6) is 0.319. The predicted octanol–water partition coefficient (Wildman–Crippen LogP) is 4.27. The van der Waals surface area contributed by atoms with Crippen molar-refractivity contribution in [3.05, 3.63) is 47.0 Å². The molecule has 1 fully saturated rings. The van der Waals surface area contributed by atoms with Crippen LogP contribution >= 0.6 is 0 Å². The van der Waals surface area contributed by atoms with E-state index in [0.717, 1.165) is 59.6 Å². The Bertz CT molecular complexity index is 1090. The molecule has 0 bridgehead atoms. The van der Waals surface area contributed by atoms with Gasteiger partial charge in [-0.1, -0.05) is 0 Å². The zero-order chi connectivity index (χ0) is 18.5. The first-order chi connectivity index (χ1) is 13.1. The second-order valence-electron chi connectivity index (χ2n) is 7.93. The fourth-order valence-electron chi connectivity index (χ4n) is 4.45. The first-order valence-electron chi connectivity index (χ1n) is 9.99. The van der Waals surface area contributed by atoms with Gasteiger partial charge in [0.1, 0.15) is 0 Å². The third-order valence-electron chi connectivity index (χ3n) is 6.02. The lowest BCUT2D eigenvalue weighted by Gasteiger charge is -2.09. The maximum absolute atomic E-state index is 12.2. The summed E-state index contributed by atoms with van der Waals surface area (Å²) in [5.41, 5.74) is 5.11. The number of aryl methyl sites for hydroxylation is 2. The highest BCUT2D eigenvalue weighted by atomic mass is 16.1.